The van der Waals surface area contributed by atoms with Gasteiger partial charge in [-0.1, -0.05) is 133 Å². The lowest BCUT2D eigenvalue weighted by Gasteiger charge is -2.15. The van der Waals surface area contributed by atoms with Gasteiger partial charge < -0.3 is 0 Å². The maximum atomic E-state index is 4.58. The summed E-state index contributed by atoms with van der Waals surface area (Å²) in [7, 11) is 0. The fraction of sp³-hybridized carbons (Fsp3) is 0. The Bertz CT molecular complexity index is 2250. The number of benzene rings is 7. The number of hydrogen-bond donors (Lipinski definition) is 0. The maximum absolute atomic E-state index is 4.58. The molecule has 1 aromatic heterocycles. The van der Waals surface area contributed by atoms with Crippen LogP contribution < -0.4 is 0 Å². The third kappa shape index (κ3) is 6.23. The monoisotopic (exact) mass is 611 g/mol. The van der Waals surface area contributed by atoms with Crippen molar-refractivity contribution in [1.29, 1.82) is 0 Å². The van der Waals surface area contributed by atoms with Crippen LogP contribution in [-0.4, -0.2) is 4.98 Å². The summed E-state index contributed by atoms with van der Waals surface area (Å²) < 4.78 is 0. The van der Waals surface area contributed by atoms with E-state index in [0.717, 1.165) is 11.3 Å². The van der Waals surface area contributed by atoms with Gasteiger partial charge in [0, 0.05) is 11.8 Å². The summed E-state index contributed by atoms with van der Waals surface area (Å²) in [6.45, 7) is 0. The van der Waals surface area contributed by atoms with E-state index in [1.807, 2.05) is 18.3 Å². The molecule has 226 valence electrons. The standard InChI is InChI=1S/C47H33N/c1-4-14-34(15-5-1)41-28-42(35-16-6-2-7-17-35)31-45(30-41)46-32-43(36-18-8-3-9-19-36)29-44(33-46)39-22-12-20-37(26-39)38-21-13-23-40(27-38)47-24-10-11-25-48-47/h1-33H. The molecule has 7 aromatic carbocycles. The predicted octanol–water partition coefficient (Wildman–Crippen LogP) is 12.8. The van der Waals surface area contributed by atoms with E-state index in [-0.39, 0.29) is 0 Å². The molecule has 0 aliphatic heterocycles. The zero-order chi connectivity index (χ0) is 32.1. The summed E-state index contributed by atoms with van der Waals surface area (Å²) in [5.41, 5.74) is 16.4. The molecule has 0 N–H and O–H groups in total. The molecule has 0 atom stereocenters. The van der Waals surface area contributed by atoms with E-state index in [2.05, 4.69) is 187 Å². The average molecular weight is 612 g/mol. The molecule has 48 heavy (non-hydrogen) atoms. The molecule has 0 saturated heterocycles. The number of rotatable bonds is 7. The zero-order valence-corrected chi connectivity index (χ0v) is 26.5. The highest BCUT2D eigenvalue weighted by atomic mass is 14.7. The smallest absolute Gasteiger partial charge is 0.0702 e. The fourth-order valence-corrected chi connectivity index (χ4v) is 6.42. The van der Waals surface area contributed by atoms with Crippen LogP contribution in [0, 0.1) is 0 Å². The highest BCUT2D eigenvalue weighted by Gasteiger charge is 2.12. The summed E-state index contributed by atoms with van der Waals surface area (Å²) in [5.74, 6) is 0. The van der Waals surface area contributed by atoms with Crippen molar-refractivity contribution in [3.8, 4) is 78.0 Å². The Hall–Kier alpha value is -6.31. The van der Waals surface area contributed by atoms with Crippen molar-refractivity contribution in [3.63, 3.8) is 0 Å². The van der Waals surface area contributed by atoms with Gasteiger partial charge in [0.15, 0.2) is 0 Å². The molecule has 0 spiro atoms. The van der Waals surface area contributed by atoms with Gasteiger partial charge >= 0.3 is 0 Å². The molecule has 0 aliphatic carbocycles. The van der Waals surface area contributed by atoms with Gasteiger partial charge in [-0.25, -0.2) is 0 Å². The topological polar surface area (TPSA) is 12.9 Å². The van der Waals surface area contributed by atoms with Crippen LogP contribution in [0.25, 0.3) is 78.0 Å². The van der Waals surface area contributed by atoms with Crippen LogP contribution in [0.4, 0.5) is 0 Å². The Kier molecular flexibility index (Phi) is 8.01. The van der Waals surface area contributed by atoms with E-state index in [4.69, 9.17) is 0 Å². The Morgan fingerprint density at radius 2 is 0.500 bits per heavy atom. The van der Waals surface area contributed by atoms with E-state index in [0.29, 0.717) is 0 Å². The minimum absolute atomic E-state index is 0.975. The second-order valence-corrected chi connectivity index (χ2v) is 12.1. The predicted molar refractivity (Wildman–Crippen MR) is 202 cm³/mol. The molecule has 0 amide bonds. The van der Waals surface area contributed by atoms with Crippen molar-refractivity contribution in [2.45, 2.75) is 0 Å². The molecule has 0 aliphatic rings. The first kappa shape index (κ1) is 29.1. The van der Waals surface area contributed by atoms with Crippen LogP contribution >= 0.6 is 0 Å². The Morgan fingerprint density at radius 3 is 0.917 bits per heavy atom. The molecule has 0 bridgehead atoms. The second kappa shape index (κ2) is 13.2. The van der Waals surface area contributed by atoms with Crippen LogP contribution in [0.1, 0.15) is 0 Å². The quantitative estimate of drug-likeness (QED) is 0.175. The second-order valence-electron chi connectivity index (χ2n) is 12.1. The maximum Gasteiger partial charge on any atom is 0.0702 e. The first-order valence-electron chi connectivity index (χ1n) is 16.4. The van der Waals surface area contributed by atoms with Gasteiger partial charge in [-0.3, -0.25) is 4.98 Å². The first-order chi connectivity index (χ1) is 23.8. The summed E-state index contributed by atoms with van der Waals surface area (Å²) in [6, 6.07) is 69.5. The molecule has 0 radical (unpaired) electrons. The summed E-state index contributed by atoms with van der Waals surface area (Å²) in [5, 5.41) is 0. The highest BCUT2D eigenvalue weighted by molar-refractivity contribution is 5.87. The van der Waals surface area contributed by atoms with Crippen molar-refractivity contribution in [2.24, 2.45) is 0 Å². The number of aromatic nitrogens is 1. The molecule has 0 fully saturated rings. The molecular weight excluding hydrogens is 579 g/mol. The highest BCUT2D eigenvalue weighted by Crippen LogP contribution is 2.38. The summed E-state index contributed by atoms with van der Waals surface area (Å²) in [4.78, 5) is 4.58. The zero-order valence-electron chi connectivity index (χ0n) is 26.5. The van der Waals surface area contributed by atoms with E-state index in [9.17, 15) is 0 Å². The van der Waals surface area contributed by atoms with Gasteiger partial charge in [0.25, 0.3) is 0 Å². The van der Waals surface area contributed by atoms with Gasteiger partial charge in [0.1, 0.15) is 0 Å². The minimum Gasteiger partial charge on any atom is -0.256 e. The number of nitrogens with zero attached hydrogens (tertiary/aromatic N) is 1. The fourth-order valence-electron chi connectivity index (χ4n) is 6.42. The molecule has 1 heteroatoms. The van der Waals surface area contributed by atoms with E-state index in [1.54, 1.807) is 0 Å². The number of hydrogen-bond acceptors (Lipinski definition) is 1. The first-order valence-corrected chi connectivity index (χ1v) is 16.4. The van der Waals surface area contributed by atoms with Crippen molar-refractivity contribution >= 4 is 0 Å². The van der Waals surface area contributed by atoms with Gasteiger partial charge in [-0.15, -0.1) is 0 Å². The molecule has 0 saturated carbocycles. The van der Waals surface area contributed by atoms with Crippen LogP contribution in [0.15, 0.2) is 200 Å². The normalized spacial score (nSPS) is 10.9. The molecule has 1 heterocycles. The molecule has 8 rings (SSSR count). The van der Waals surface area contributed by atoms with Crippen LogP contribution in [0.5, 0.6) is 0 Å². The van der Waals surface area contributed by atoms with Crippen molar-refractivity contribution in [1.82, 2.24) is 4.98 Å². The van der Waals surface area contributed by atoms with E-state index < -0.39 is 0 Å². The average Bonchev–Trinajstić information content (AvgIpc) is 3.19. The lowest BCUT2D eigenvalue weighted by atomic mass is 9.89. The van der Waals surface area contributed by atoms with Crippen molar-refractivity contribution < 1.29 is 0 Å². The van der Waals surface area contributed by atoms with Gasteiger partial charge in [0.2, 0.25) is 0 Å². The SMILES string of the molecule is c1ccc(-c2cc(-c3ccccc3)cc(-c3cc(-c4ccccc4)cc(-c4cccc(-c5cccc(-c6ccccn6)c5)c4)c3)c2)cc1. The largest absolute Gasteiger partial charge is 0.256 e. The van der Waals surface area contributed by atoms with Gasteiger partial charge in [-0.2, -0.15) is 0 Å². The molecule has 1 nitrogen and oxygen atoms in total. The minimum atomic E-state index is 0.975. The third-order valence-corrected chi connectivity index (χ3v) is 8.87. The lowest BCUT2D eigenvalue weighted by molar-refractivity contribution is 1.33. The van der Waals surface area contributed by atoms with E-state index in [1.165, 1.54) is 66.8 Å². The Morgan fingerprint density at radius 1 is 0.208 bits per heavy atom. The van der Waals surface area contributed by atoms with Crippen molar-refractivity contribution in [2.75, 3.05) is 0 Å². The molecule has 0 unspecified atom stereocenters. The van der Waals surface area contributed by atoms with Crippen LogP contribution in [-0.2, 0) is 0 Å². The van der Waals surface area contributed by atoms with Crippen molar-refractivity contribution in [3.05, 3.63) is 200 Å². The lowest BCUT2D eigenvalue weighted by Crippen LogP contribution is -1.89. The van der Waals surface area contributed by atoms with E-state index >= 15 is 0 Å². The van der Waals surface area contributed by atoms with Gasteiger partial charge in [-0.05, 0) is 127 Å². The number of pyridine rings is 1. The summed E-state index contributed by atoms with van der Waals surface area (Å²) in [6.07, 6.45) is 1.85. The van der Waals surface area contributed by atoms with Crippen LogP contribution in [0.2, 0.25) is 0 Å². The third-order valence-electron chi connectivity index (χ3n) is 8.87. The molecular formula is C47H33N. The Labute approximate surface area is 282 Å². The van der Waals surface area contributed by atoms with Gasteiger partial charge in [0.05, 0.1) is 5.69 Å². The van der Waals surface area contributed by atoms with Crippen LogP contribution in [0.3, 0.4) is 0 Å². The molecule has 8 aromatic rings. The Balaban J connectivity index is 1.28. The summed E-state index contributed by atoms with van der Waals surface area (Å²) >= 11 is 0.